The van der Waals surface area contributed by atoms with Gasteiger partial charge in [0.1, 0.15) is 5.82 Å². The molecule has 1 saturated heterocycles. The summed E-state index contributed by atoms with van der Waals surface area (Å²) in [4.78, 5) is 7.16. The second-order valence-corrected chi connectivity index (χ2v) is 5.64. The maximum absolute atomic E-state index is 4.58. The van der Waals surface area contributed by atoms with Crippen LogP contribution in [0.2, 0.25) is 0 Å². The average molecular weight is 230 g/mol. The van der Waals surface area contributed by atoms with Crippen LogP contribution in [0, 0.1) is 12.8 Å². The fourth-order valence-electron chi connectivity index (χ4n) is 3.59. The van der Waals surface area contributed by atoms with Gasteiger partial charge in [-0.2, -0.15) is 0 Å². The molecule has 1 aliphatic carbocycles. The predicted molar refractivity (Wildman–Crippen MR) is 71.3 cm³/mol. The number of hydrogen-bond donors (Lipinski definition) is 0. The number of aromatic nitrogens is 1. The maximum Gasteiger partial charge on any atom is 0.128 e. The van der Waals surface area contributed by atoms with Crippen molar-refractivity contribution in [3.8, 4) is 0 Å². The zero-order valence-corrected chi connectivity index (χ0v) is 10.7. The van der Waals surface area contributed by atoms with Crippen molar-refractivity contribution >= 4 is 5.82 Å². The molecular formula is C15H22N2. The monoisotopic (exact) mass is 230 g/mol. The van der Waals surface area contributed by atoms with Gasteiger partial charge in [-0.1, -0.05) is 12.8 Å². The summed E-state index contributed by atoms with van der Waals surface area (Å²) in [6.45, 7) is 3.37. The lowest BCUT2D eigenvalue weighted by atomic mass is 9.78. The third kappa shape index (κ3) is 2.18. The molecule has 3 rings (SSSR count). The van der Waals surface area contributed by atoms with Crippen molar-refractivity contribution in [3.05, 3.63) is 23.9 Å². The number of piperidine rings is 1. The Morgan fingerprint density at radius 3 is 2.88 bits per heavy atom. The van der Waals surface area contributed by atoms with Crippen LogP contribution in [0.15, 0.2) is 18.3 Å². The van der Waals surface area contributed by atoms with Crippen molar-refractivity contribution in [1.29, 1.82) is 0 Å². The lowest BCUT2D eigenvalue weighted by Gasteiger charge is -2.44. The van der Waals surface area contributed by atoms with Crippen molar-refractivity contribution in [2.45, 2.75) is 51.5 Å². The van der Waals surface area contributed by atoms with Crippen LogP contribution in [0.3, 0.4) is 0 Å². The highest BCUT2D eigenvalue weighted by molar-refractivity contribution is 5.42. The molecule has 0 bridgehead atoms. The molecule has 0 N–H and O–H groups in total. The lowest BCUT2D eigenvalue weighted by Crippen LogP contribution is -2.47. The largest absolute Gasteiger partial charge is 0.353 e. The summed E-state index contributed by atoms with van der Waals surface area (Å²) >= 11 is 0. The number of hydrogen-bond acceptors (Lipinski definition) is 2. The minimum absolute atomic E-state index is 0.770. The summed E-state index contributed by atoms with van der Waals surface area (Å²) in [6.07, 6.45) is 10.4. The van der Waals surface area contributed by atoms with E-state index < -0.39 is 0 Å². The van der Waals surface area contributed by atoms with Crippen LogP contribution >= 0.6 is 0 Å². The van der Waals surface area contributed by atoms with Crippen LogP contribution < -0.4 is 4.90 Å². The molecule has 2 aliphatic rings. The summed E-state index contributed by atoms with van der Waals surface area (Å²) in [5.41, 5.74) is 1.33. The molecule has 1 saturated carbocycles. The topological polar surface area (TPSA) is 16.1 Å². The second kappa shape index (κ2) is 4.67. The van der Waals surface area contributed by atoms with Gasteiger partial charge in [0, 0.05) is 18.8 Å². The molecule has 0 amide bonds. The Labute approximate surface area is 104 Å². The molecule has 2 nitrogen and oxygen atoms in total. The van der Waals surface area contributed by atoms with E-state index in [2.05, 4.69) is 28.9 Å². The first-order valence-electron chi connectivity index (χ1n) is 7.04. The van der Waals surface area contributed by atoms with E-state index in [1.807, 2.05) is 6.20 Å². The van der Waals surface area contributed by atoms with E-state index in [1.165, 1.54) is 56.5 Å². The fraction of sp³-hybridized carbons (Fsp3) is 0.667. The van der Waals surface area contributed by atoms with Crippen molar-refractivity contribution < 1.29 is 0 Å². The standard InChI is InChI=1S/C15H22N2/c1-12-8-9-16-15(11-12)17-10-4-6-13-5-2-3-7-14(13)17/h8-9,11,13-14H,2-7,10H2,1H3. The zero-order valence-electron chi connectivity index (χ0n) is 10.7. The van der Waals surface area contributed by atoms with Gasteiger partial charge in [-0.25, -0.2) is 4.98 Å². The first kappa shape index (κ1) is 11.1. The van der Waals surface area contributed by atoms with Gasteiger partial charge in [-0.15, -0.1) is 0 Å². The van der Waals surface area contributed by atoms with E-state index in [0.29, 0.717) is 0 Å². The fourth-order valence-corrected chi connectivity index (χ4v) is 3.59. The SMILES string of the molecule is Cc1ccnc(N2CCCC3CCCCC32)c1. The van der Waals surface area contributed by atoms with Gasteiger partial charge in [-0.3, -0.25) is 0 Å². The molecule has 17 heavy (non-hydrogen) atoms. The molecule has 1 aliphatic heterocycles. The molecule has 2 heteroatoms. The van der Waals surface area contributed by atoms with Gasteiger partial charge in [0.05, 0.1) is 0 Å². The van der Waals surface area contributed by atoms with E-state index in [0.717, 1.165) is 12.0 Å². The van der Waals surface area contributed by atoms with Crippen LogP contribution in [-0.4, -0.2) is 17.6 Å². The van der Waals surface area contributed by atoms with Crippen molar-refractivity contribution in [2.24, 2.45) is 5.92 Å². The van der Waals surface area contributed by atoms with Gasteiger partial charge in [0.25, 0.3) is 0 Å². The number of rotatable bonds is 1. The minimum atomic E-state index is 0.770. The van der Waals surface area contributed by atoms with Gasteiger partial charge in [0.15, 0.2) is 0 Å². The second-order valence-electron chi connectivity index (χ2n) is 5.64. The number of pyridine rings is 1. The van der Waals surface area contributed by atoms with E-state index in [4.69, 9.17) is 0 Å². The Morgan fingerprint density at radius 2 is 2.00 bits per heavy atom. The zero-order chi connectivity index (χ0) is 11.7. The molecule has 92 valence electrons. The summed E-state index contributed by atoms with van der Waals surface area (Å²) in [7, 11) is 0. The Morgan fingerprint density at radius 1 is 1.18 bits per heavy atom. The molecule has 0 spiro atoms. The maximum atomic E-state index is 4.58. The number of fused-ring (bicyclic) bond motifs is 1. The molecule has 2 fully saturated rings. The summed E-state index contributed by atoms with van der Waals surface area (Å²) in [5.74, 6) is 2.14. The lowest BCUT2D eigenvalue weighted by molar-refractivity contribution is 0.242. The molecular weight excluding hydrogens is 208 g/mol. The number of nitrogens with zero attached hydrogens (tertiary/aromatic N) is 2. The summed E-state index contributed by atoms with van der Waals surface area (Å²) < 4.78 is 0. The average Bonchev–Trinajstić information content (AvgIpc) is 2.38. The highest BCUT2D eigenvalue weighted by Gasteiger charge is 2.33. The van der Waals surface area contributed by atoms with Crippen LogP contribution in [-0.2, 0) is 0 Å². The van der Waals surface area contributed by atoms with Gasteiger partial charge < -0.3 is 4.90 Å². The summed E-state index contributed by atoms with van der Waals surface area (Å²) in [6, 6.07) is 5.11. The van der Waals surface area contributed by atoms with E-state index >= 15 is 0 Å². The van der Waals surface area contributed by atoms with Crippen LogP contribution in [0.5, 0.6) is 0 Å². The Kier molecular flexibility index (Phi) is 3.04. The van der Waals surface area contributed by atoms with Gasteiger partial charge in [-0.05, 0) is 56.2 Å². The first-order chi connectivity index (χ1) is 8.34. The van der Waals surface area contributed by atoms with Crippen LogP contribution in [0.1, 0.15) is 44.1 Å². The van der Waals surface area contributed by atoms with Crippen molar-refractivity contribution in [1.82, 2.24) is 4.98 Å². The van der Waals surface area contributed by atoms with Crippen LogP contribution in [0.25, 0.3) is 0 Å². The normalized spacial score (nSPS) is 28.9. The van der Waals surface area contributed by atoms with Crippen molar-refractivity contribution in [2.75, 3.05) is 11.4 Å². The highest BCUT2D eigenvalue weighted by Crippen LogP contribution is 2.37. The predicted octanol–water partition coefficient (Wildman–Crippen LogP) is 3.55. The highest BCUT2D eigenvalue weighted by atomic mass is 15.2. The van der Waals surface area contributed by atoms with Crippen molar-refractivity contribution in [3.63, 3.8) is 0 Å². The van der Waals surface area contributed by atoms with Gasteiger partial charge in [0.2, 0.25) is 0 Å². The Balaban J connectivity index is 1.85. The van der Waals surface area contributed by atoms with Crippen LogP contribution in [0.4, 0.5) is 5.82 Å². The number of anilines is 1. The molecule has 2 unspecified atom stereocenters. The molecule has 2 atom stereocenters. The Bertz CT molecular complexity index is 386. The minimum Gasteiger partial charge on any atom is -0.353 e. The number of aryl methyl sites for hydroxylation is 1. The summed E-state index contributed by atoms with van der Waals surface area (Å²) in [5, 5.41) is 0. The van der Waals surface area contributed by atoms with E-state index in [-0.39, 0.29) is 0 Å². The third-order valence-corrected chi connectivity index (χ3v) is 4.44. The first-order valence-corrected chi connectivity index (χ1v) is 7.04. The molecule has 2 heterocycles. The third-order valence-electron chi connectivity index (χ3n) is 4.44. The van der Waals surface area contributed by atoms with Gasteiger partial charge >= 0.3 is 0 Å². The molecule has 0 radical (unpaired) electrons. The van der Waals surface area contributed by atoms with E-state index in [1.54, 1.807) is 0 Å². The molecule has 0 aromatic carbocycles. The Hall–Kier alpha value is -1.05. The molecule has 1 aromatic heterocycles. The smallest absolute Gasteiger partial charge is 0.128 e. The van der Waals surface area contributed by atoms with E-state index in [9.17, 15) is 0 Å². The quantitative estimate of drug-likeness (QED) is 0.733. The molecule has 1 aromatic rings.